The number of aliphatic carboxylic acids is 1. The van der Waals surface area contributed by atoms with Crippen LogP contribution < -0.4 is 4.90 Å². The normalized spacial score (nSPS) is 12.2. The minimum atomic E-state index is -4.98. The molecule has 1 heterocycles. The number of aromatic nitrogens is 1. The van der Waals surface area contributed by atoms with Crippen LogP contribution in [-0.2, 0) is 30.1 Å². The molecule has 0 aliphatic heterocycles. The van der Waals surface area contributed by atoms with Crippen LogP contribution in [-0.4, -0.2) is 22.7 Å². The zero-order valence-electron chi connectivity index (χ0n) is 18.9. The van der Waals surface area contributed by atoms with E-state index in [1.165, 1.54) is 11.9 Å². The standard InChI is InChI=1S/C26H20F6N2O2/c1-33(23-11-8-18(25(27,28)29)13-21(23)26(30,31)32)19-9-6-16(7-10-19)14-34-15-17(12-24(35)36)20-4-2-3-5-22(20)34/h2-11,13,15H,12,14H2,1H3,(H,35,36). The van der Waals surface area contributed by atoms with E-state index in [4.69, 9.17) is 0 Å². The monoisotopic (exact) mass is 506 g/mol. The summed E-state index contributed by atoms with van der Waals surface area (Å²) in [5, 5.41) is 10.0. The summed E-state index contributed by atoms with van der Waals surface area (Å²) in [7, 11) is 1.35. The topological polar surface area (TPSA) is 45.5 Å². The number of fused-ring (bicyclic) bond motifs is 1. The minimum absolute atomic E-state index is 0.117. The second-order valence-corrected chi connectivity index (χ2v) is 8.32. The molecular weight excluding hydrogens is 486 g/mol. The number of benzene rings is 3. The van der Waals surface area contributed by atoms with Crippen molar-refractivity contribution >= 4 is 28.2 Å². The number of anilines is 2. The summed E-state index contributed by atoms with van der Waals surface area (Å²) < 4.78 is 81.6. The second-order valence-electron chi connectivity index (χ2n) is 8.32. The van der Waals surface area contributed by atoms with Crippen LogP contribution in [0.4, 0.5) is 37.7 Å². The fourth-order valence-corrected chi connectivity index (χ4v) is 4.15. The average molecular weight is 506 g/mol. The van der Waals surface area contributed by atoms with Gasteiger partial charge in [0.25, 0.3) is 0 Å². The highest BCUT2D eigenvalue weighted by atomic mass is 19.4. The molecule has 0 radical (unpaired) electrons. The summed E-state index contributed by atoms with van der Waals surface area (Å²) in [5.74, 6) is -0.952. The molecule has 3 aromatic carbocycles. The van der Waals surface area contributed by atoms with Crippen molar-refractivity contribution in [3.63, 3.8) is 0 Å². The molecule has 0 saturated carbocycles. The molecular formula is C26H20F6N2O2. The summed E-state index contributed by atoms with van der Waals surface area (Å²) in [5.41, 5.74) is -0.493. The van der Waals surface area contributed by atoms with Crippen LogP contribution in [0.2, 0.25) is 0 Å². The minimum Gasteiger partial charge on any atom is -0.481 e. The smallest absolute Gasteiger partial charge is 0.418 e. The Labute approximate surface area is 202 Å². The van der Waals surface area contributed by atoms with E-state index in [9.17, 15) is 36.2 Å². The van der Waals surface area contributed by atoms with Crippen LogP contribution in [0.3, 0.4) is 0 Å². The first-order valence-corrected chi connectivity index (χ1v) is 10.7. The zero-order valence-corrected chi connectivity index (χ0v) is 18.9. The first kappa shape index (κ1) is 25.2. The summed E-state index contributed by atoms with van der Waals surface area (Å²) in [4.78, 5) is 12.4. The van der Waals surface area contributed by atoms with Crippen molar-refractivity contribution in [2.24, 2.45) is 0 Å². The van der Waals surface area contributed by atoms with E-state index in [0.29, 0.717) is 23.9 Å². The van der Waals surface area contributed by atoms with Crippen molar-refractivity contribution in [2.75, 3.05) is 11.9 Å². The van der Waals surface area contributed by atoms with Crippen molar-refractivity contribution < 1.29 is 36.2 Å². The third-order valence-corrected chi connectivity index (χ3v) is 5.88. The quantitative estimate of drug-likeness (QED) is 0.283. The van der Waals surface area contributed by atoms with E-state index in [-0.39, 0.29) is 12.5 Å². The van der Waals surface area contributed by atoms with Crippen molar-refractivity contribution in [1.29, 1.82) is 0 Å². The summed E-state index contributed by atoms with van der Waals surface area (Å²) in [6.07, 6.45) is -8.25. The van der Waals surface area contributed by atoms with Gasteiger partial charge in [-0.2, -0.15) is 26.3 Å². The lowest BCUT2D eigenvalue weighted by molar-refractivity contribution is -0.143. The van der Waals surface area contributed by atoms with E-state index < -0.39 is 35.1 Å². The Bertz CT molecular complexity index is 1400. The number of rotatable bonds is 6. The summed E-state index contributed by atoms with van der Waals surface area (Å²) in [6, 6.07) is 15.5. The molecule has 0 aliphatic carbocycles. The number of hydrogen-bond acceptors (Lipinski definition) is 2. The van der Waals surface area contributed by atoms with E-state index in [1.807, 2.05) is 28.8 Å². The Kier molecular flexibility index (Phi) is 6.46. The van der Waals surface area contributed by atoms with Gasteiger partial charge in [-0.15, -0.1) is 0 Å². The van der Waals surface area contributed by atoms with Gasteiger partial charge in [0, 0.05) is 36.4 Å². The number of nitrogens with zero attached hydrogens (tertiary/aromatic N) is 2. The maximum atomic E-state index is 13.6. The largest absolute Gasteiger partial charge is 0.481 e. The van der Waals surface area contributed by atoms with Crippen LogP contribution in [0.5, 0.6) is 0 Å². The molecule has 4 nitrogen and oxygen atoms in total. The summed E-state index contributed by atoms with van der Waals surface area (Å²) >= 11 is 0. The Hall–Kier alpha value is -3.95. The molecule has 0 amide bonds. The Morgan fingerprint density at radius 2 is 1.58 bits per heavy atom. The first-order chi connectivity index (χ1) is 16.8. The SMILES string of the molecule is CN(c1ccc(Cn2cc(CC(=O)O)c3ccccc32)cc1)c1ccc(C(F)(F)F)cc1C(F)(F)F. The lowest BCUT2D eigenvalue weighted by atomic mass is 10.1. The first-order valence-electron chi connectivity index (χ1n) is 10.7. The fraction of sp³-hybridized carbons (Fsp3) is 0.192. The molecule has 0 saturated heterocycles. The average Bonchev–Trinajstić information content (AvgIpc) is 3.14. The van der Waals surface area contributed by atoms with E-state index in [2.05, 4.69) is 0 Å². The van der Waals surface area contributed by atoms with Gasteiger partial charge in [-0.05, 0) is 47.5 Å². The third-order valence-electron chi connectivity index (χ3n) is 5.88. The number of carbonyl (C=O) groups is 1. The number of carboxylic acids is 1. The van der Waals surface area contributed by atoms with Crippen LogP contribution in [0, 0.1) is 0 Å². The molecule has 1 aromatic heterocycles. The van der Waals surface area contributed by atoms with Crippen molar-refractivity contribution in [2.45, 2.75) is 25.3 Å². The number of alkyl halides is 6. The molecule has 4 rings (SSSR count). The molecule has 4 aromatic rings. The maximum Gasteiger partial charge on any atom is 0.418 e. The lowest BCUT2D eigenvalue weighted by Gasteiger charge is -2.25. The Morgan fingerprint density at radius 1 is 0.917 bits per heavy atom. The summed E-state index contributed by atoms with van der Waals surface area (Å²) in [6.45, 7) is 0.387. The maximum absolute atomic E-state index is 13.6. The van der Waals surface area contributed by atoms with Gasteiger partial charge in [-0.25, -0.2) is 0 Å². The van der Waals surface area contributed by atoms with Crippen molar-refractivity contribution in [3.8, 4) is 0 Å². The molecule has 0 aliphatic rings. The van der Waals surface area contributed by atoms with Crippen LogP contribution in [0.1, 0.15) is 22.3 Å². The molecule has 0 atom stereocenters. The van der Waals surface area contributed by atoms with E-state index >= 15 is 0 Å². The molecule has 0 unspecified atom stereocenters. The predicted octanol–water partition coefficient (Wildman–Crippen LogP) is 7.12. The number of carboxylic acid groups (broad SMARTS) is 1. The zero-order chi connectivity index (χ0) is 26.3. The lowest BCUT2D eigenvalue weighted by Crippen LogP contribution is -2.18. The number of halogens is 6. The highest BCUT2D eigenvalue weighted by molar-refractivity contribution is 5.87. The van der Waals surface area contributed by atoms with Gasteiger partial charge in [0.1, 0.15) is 0 Å². The van der Waals surface area contributed by atoms with Crippen molar-refractivity contribution in [1.82, 2.24) is 4.57 Å². The van der Waals surface area contributed by atoms with Crippen molar-refractivity contribution in [3.05, 3.63) is 95.2 Å². The van der Waals surface area contributed by atoms with Gasteiger partial charge in [0.2, 0.25) is 0 Å². The van der Waals surface area contributed by atoms with Gasteiger partial charge < -0.3 is 14.6 Å². The van der Waals surface area contributed by atoms with Gasteiger partial charge in [0.15, 0.2) is 0 Å². The van der Waals surface area contributed by atoms with Gasteiger partial charge in [-0.3, -0.25) is 4.79 Å². The molecule has 0 bridgehead atoms. The van der Waals surface area contributed by atoms with E-state index in [0.717, 1.165) is 22.5 Å². The predicted molar refractivity (Wildman–Crippen MR) is 123 cm³/mol. The molecule has 0 spiro atoms. The van der Waals surface area contributed by atoms with Crippen LogP contribution in [0.25, 0.3) is 10.9 Å². The second kappa shape index (κ2) is 9.25. The third kappa shape index (κ3) is 5.17. The van der Waals surface area contributed by atoms with Gasteiger partial charge in [0.05, 0.1) is 23.2 Å². The Morgan fingerprint density at radius 3 is 2.19 bits per heavy atom. The molecule has 0 fully saturated rings. The molecule has 10 heteroatoms. The molecule has 188 valence electrons. The van der Waals surface area contributed by atoms with E-state index in [1.54, 1.807) is 30.5 Å². The highest BCUT2D eigenvalue weighted by Crippen LogP contribution is 2.42. The van der Waals surface area contributed by atoms with Gasteiger partial charge in [-0.1, -0.05) is 30.3 Å². The molecule has 36 heavy (non-hydrogen) atoms. The highest BCUT2D eigenvalue weighted by Gasteiger charge is 2.39. The Balaban J connectivity index is 1.62. The number of hydrogen-bond donors (Lipinski definition) is 1. The fourth-order valence-electron chi connectivity index (χ4n) is 4.15. The number of para-hydroxylation sites is 1. The van der Waals surface area contributed by atoms with Crippen LogP contribution in [0.15, 0.2) is 72.9 Å². The van der Waals surface area contributed by atoms with Gasteiger partial charge >= 0.3 is 18.3 Å². The van der Waals surface area contributed by atoms with Crippen LogP contribution >= 0.6 is 0 Å². The molecule has 1 N–H and O–H groups in total.